The quantitative estimate of drug-likeness (QED) is 0.627. The minimum absolute atomic E-state index is 0.0828. The van der Waals surface area contributed by atoms with E-state index in [0.717, 1.165) is 0 Å². The van der Waals surface area contributed by atoms with E-state index in [4.69, 9.17) is 15.6 Å². The molecule has 0 spiro atoms. The molecule has 0 radical (unpaired) electrons. The molecular formula is C9H11N3O3. The van der Waals surface area contributed by atoms with Gasteiger partial charge in [-0.2, -0.15) is 4.98 Å². The van der Waals surface area contributed by atoms with E-state index in [0.29, 0.717) is 0 Å². The summed E-state index contributed by atoms with van der Waals surface area (Å²) in [5.41, 5.74) is 5.18. The topological polar surface area (TPSA) is 90.4 Å². The molecule has 6 heteroatoms. The average molecular weight is 209 g/mol. The van der Waals surface area contributed by atoms with Crippen LogP contribution in [0.5, 0.6) is 0 Å². The Morgan fingerprint density at radius 1 is 1.60 bits per heavy atom. The summed E-state index contributed by atoms with van der Waals surface area (Å²) in [5.74, 6) is 0.0933. The molecule has 2 atom stereocenters. The van der Waals surface area contributed by atoms with E-state index in [1.165, 1.54) is 16.8 Å². The van der Waals surface area contributed by atoms with Crippen LogP contribution < -0.4 is 11.3 Å². The Kier molecular flexibility index (Phi) is 2.53. The van der Waals surface area contributed by atoms with Crippen LogP contribution in [0, 0.1) is 0 Å². The molecule has 0 aliphatic carbocycles. The fraction of sp³-hybridized carbons (Fsp3) is 0.333. The lowest BCUT2D eigenvalue weighted by atomic mass is 10.4. The van der Waals surface area contributed by atoms with Crippen molar-refractivity contribution in [3.63, 3.8) is 0 Å². The number of hydrogen-bond donors (Lipinski definition) is 2. The number of nitrogen functional groups attached to an aromatic ring is 1. The van der Waals surface area contributed by atoms with Crippen molar-refractivity contribution in [2.45, 2.75) is 12.3 Å². The predicted molar refractivity (Wildman–Crippen MR) is 53.0 cm³/mol. The number of nitrogens with two attached hydrogens (primary N) is 1. The van der Waals surface area contributed by atoms with Gasteiger partial charge in [-0.25, -0.2) is 0 Å². The van der Waals surface area contributed by atoms with Gasteiger partial charge in [0.2, 0.25) is 5.95 Å². The lowest BCUT2D eigenvalue weighted by Crippen LogP contribution is -2.21. The molecular weight excluding hydrogens is 198 g/mol. The van der Waals surface area contributed by atoms with E-state index in [1.807, 2.05) is 0 Å². The molecule has 2 heterocycles. The van der Waals surface area contributed by atoms with Gasteiger partial charge in [-0.15, -0.1) is 0 Å². The van der Waals surface area contributed by atoms with E-state index in [1.54, 1.807) is 12.2 Å². The molecule has 0 amide bonds. The van der Waals surface area contributed by atoms with Gasteiger partial charge in [-0.1, -0.05) is 6.08 Å². The Labute approximate surface area is 85.6 Å². The average Bonchev–Trinajstić information content (AvgIpc) is 2.66. The van der Waals surface area contributed by atoms with Crippen molar-refractivity contribution < 1.29 is 9.84 Å². The number of nitrogens with zero attached hydrogens (tertiary/aromatic N) is 2. The third-order valence-corrected chi connectivity index (χ3v) is 2.13. The number of ether oxygens (including phenoxy) is 1. The van der Waals surface area contributed by atoms with Gasteiger partial charge in [0.05, 0.1) is 6.61 Å². The van der Waals surface area contributed by atoms with Crippen molar-refractivity contribution in [3.8, 4) is 0 Å². The van der Waals surface area contributed by atoms with Crippen molar-refractivity contribution in [1.29, 1.82) is 0 Å². The Morgan fingerprint density at radius 2 is 2.40 bits per heavy atom. The van der Waals surface area contributed by atoms with Crippen LogP contribution in [0.15, 0.2) is 29.2 Å². The minimum atomic E-state index is -0.407. The van der Waals surface area contributed by atoms with Crippen LogP contribution in [-0.2, 0) is 4.74 Å². The van der Waals surface area contributed by atoms with Crippen LogP contribution >= 0.6 is 0 Å². The van der Waals surface area contributed by atoms with E-state index in [9.17, 15) is 4.79 Å². The van der Waals surface area contributed by atoms with Crippen LogP contribution in [0.4, 0.5) is 5.95 Å². The van der Waals surface area contributed by atoms with Crippen molar-refractivity contribution >= 4 is 5.95 Å². The lowest BCUT2D eigenvalue weighted by Gasteiger charge is -2.16. The molecule has 2 rings (SSSR count). The number of aliphatic hydroxyl groups is 1. The fourth-order valence-corrected chi connectivity index (χ4v) is 1.39. The highest BCUT2D eigenvalue weighted by atomic mass is 16.5. The summed E-state index contributed by atoms with van der Waals surface area (Å²) >= 11 is 0. The van der Waals surface area contributed by atoms with Crippen molar-refractivity contribution in [2.24, 2.45) is 0 Å². The second kappa shape index (κ2) is 3.84. The zero-order valence-electron chi connectivity index (χ0n) is 7.91. The largest absolute Gasteiger partial charge is 0.393 e. The number of aromatic nitrogens is 2. The smallest absolute Gasteiger partial charge is 0.274 e. The molecule has 1 aromatic heterocycles. The molecule has 1 aliphatic rings. The van der Waals surface area contributed by atoms with Gasteiger partial charge < -0.3 is 15.6 Å². The zero-order valence-corrected chi connectivity index (χ0v) is 7.91. The van der Waals surface area contributed by atoms with E-state index in [2.05, 4.69) is 4.98 Å². The van der Waals surface area contributed by atoms with E-state index in [-0.39, 0.29) is 24.2 Å². The summed E-state index contributed by atoms with van der Waals surface area (Å²) < 4.78 is 6.92. The van der Waals surface area contributed by atoms with Gasteiger partial charge >= 0.3 is 0 Å². The first-order valence-electron chi connectivity index (χ1n) is 4.50. The molecule has 1 aromatic rings. The fourth-order valence-electron chi connectivity index (χ4n) is 1.39. The number of aliphatic hydroxyl groups excluding tert-OH is 1. The summed E-state index contributed by atoms with van der Waals surface area (Å²) in [6.45, 7) is -0.0828. The monoisotopic (exact) mass is 209 g/mol. The second-order valence-electron chi connectivity index (χ2n) is 3.16. The normalized spacial score (nSPS) is 24.6. The Bertz CT molecular complexity index is 440. The van der Waals surface area contributed by atoms with Gasteiger partial charge in [-0.05, 0) is 6.08 Å². The van der Waals surface area contributed by atoms with E-state index < -0.39 is 6.23 Å². The van der Waals surface area contributed by atoms with Gasteiger partial charge in [0, 0.05) is 12.3 Å². The van der Waals surface area contributed by atoms with Crippen molar-refractivity contribution in [3.05, 3.63) is 34.8 Å². The van der Waals surface area contributed by atoms with Crippen LogP contribution in [0.1, 0.15) is 6.23 Å². The lowest BCUT2D eigenvalue weighted by molar-refractivity contribution is -0.00759. The Balaban J connectivity index is 2.25. The maximum Gasteiger partial charge on any atom is 0.274 e. The first kappa shape index (κ1) is 9.88. The minimum Gasteiger partial charge on any atom is -0.393 e. The third kappa shape index (κ3) is 1.90. The Hall–Kier alpha value is -1.66. The second-order valence-corrected chi connectivity index (χ2v) is 3.16. The first-order chi connectivity index (χ1) is 7.20. The maximum atomic E-state index is 10.9. The molecule has 0 fully saturated rings. The summed E-state index contributed by atoms with van der Waals surface area (Å²) in [7, 11) is 0. The maximum absolute atomic E-state index is 10.9. The van der Waals surface area contributed by atoms with Crippen molar-refractivity contribution in [1.82, 2.24) is 9.55 Å². The number of anilines is 1. The van der Waals surface area contributed by atoms with Gasteiger partial charge in [0.15, 0.2) is 6.23 Å². The Morgan fingerprint density at radius 3 is 3.00 bits per heavy atom. The zero-order chi connectivity index (χ0) is 10.8. The number of hydrogen-bond acceptors (Lipinski definition) is 5. The highest BCUT2D eigenvalue weighted by molar-refractivity contribution is 5.19. The molecule has 80 valence electrons. The molecule has 0 aromatic carbocycles. The van der Waals surface area contributed by atoms with Gasteiger partial charge in [-0.3, -0.25) is 9.36 Å². The summed E-state index contributed by atoms with van der Waals surface area (Å²) in [6, 6.07) is 1.31. The van der Waals surface area contributed by atoms with Crippen molar-refractivity contribution in [2.75, 3.05) is 12.3 Å². The molecule has 0 bridgehead atoms. The highest BCUT2D eigenvalue weighted by Gasteiger charge is 2.20. The van der Waals surface area contributed by atoms with Crippen LogP contribution in [0.2, 0.25) is 0 Å². The summed E-state index contributed by atoms with van der Waals surface area (Å²) in [4.78, 5) is 14.5. The van der Waals surface area contributed by atoms with Gasteiger partial charge in [0.25, 0.3) is 5.56 Å². The summed E-state index contributed by atoms with van der Waals surface area (Å²) in [5, 5.41) is 8.86. The van der Waals surface area contributed by atoms with E-state index >= 15 is 0 Å². The summed E-state index contributed by atoms with van der Waals surface area (Å²) in [6.07, 6.45) is 4.27. The molecule has 6 nitrogen and oxygen atoms in total. The van der Waals surface area contributed by atoms with Crippen LogP contribution in [0.25, 0.3) is 0 Å². The molecule has 0 unspecified atom stereocenters. The molecule has 15 heavy (non-hydrogen) atoms. The highest BCUT2D eigenvalue weighted by Crippen LogP contribution is 2.21. The van der Waals surface area contributed by atoms with Gasteiger partial charge in [0.1, 0.15) is 6.10 Å². The molecule has 0 saturated heterocycles. The standard InChI is InChI=1S/C9H11N3O3/c10-9-11-7(14)3-4-12(9)8-2-1-6(5-13)15-8/h1-4,6,8,13H,5H2,(H2,10,11,14)/t6-,8+/m0/s1. The molecule has 3 N–H and O–H groups in total. The SMILES string of the molecule is Nc1nc(=O)ccn1[C@H]1C=C[C@@H](CO)O1. The number of rotatable bonds is 2. The third-order valence-electron chi connectivity index (χ3n) is 2.13. The predicted octanol–water partition coefficient (Wildman–Crippen LogP) is -0.729. The van der Waals surface area contributed by atoms with Crippen LogP contribution in [0.3, 0.4) is 0 Å². The molecule has 0 saturated carbocycles. The van der Waals surface area contributed by atoms with Crippen LogP contribution in [-0.4, -0.2) is 27.4 Å². The first-order valence-corrected chi connectivity index (χ1v) is 4.50. The molecule has 1 aliphatic heterocycles.